The molecule has 4 N–H and O–H groups in total. The Balaban J connectivity index is 0. The number of allylic oxidation sites excluding steroid dienone is 1. The number of ether oxygens (including phenoxy) is 1. The number of terminal acetylenes is 2. The molecule has 0 unspecified atom stereocenters. The number of rotatable bonds is 13. The van der Waals surface area contributed by atoms with Crippen molar-refractivity contribution in [1.29, 1.82) is 0 Å². The van der Waals surface area contributed by atoms with E-state index in [1.54, 1.807) is 0 Å². The van der Waals surface area contributed by atoms with Crippen LogP contribution in [0.2, 0.25) is 0 Å². The van der Waals surface area contributed by atoms with Crippen LogP contribution in [0, 0.1) is 31.6 Å². The Morgan fingerprint density at radius 3 is 2.18 bits per heavy atom. The minimum atomic E-state index is -0.597. The third-order valence-electron chi connectivity index (χ3n) is 6.64. The number of carbonyl (C=O) groups is 4. The summed E-state index contributed by atoms with van der Waals surface area (Å²) in [6, 6.07) is -0.301. The maximum Gasteiger partial charge on any atom is 0.407 e. The average molecular weight is 547 g/mol. The van der Waals surface area contributed by atoms with Crippen molar-refractivity contribution in [2.75, 3.05) is 13.1 Å². The van der Waals surface area contributed by atoms with Crippen LogP contribution in [-0.4, -0.2) is 60.5 Å². The quantitative estimate of drug-likeness (QED) is 0.140. The van der Waals surface area contributed by atoms with E-state index in [9.17, 15) is 19.2 Å². The van der Waals surface area contributed by atoms with Gasteiger partial charge in [-0.25, -0.2) is 4.79 Å². The van der Waals surface area contributed by atoms with Crippen LogP contribution in [-0.2, 0) is 19.1 Å². The lowest BCUT2D eigenvalue weighted by Crippen LogP contribution is -2.45. The van der Waals surface area contributed by atoms with Gasteiger partial charge in [0.15, 0.2) is 0 Å². The highest BCUT2D eigenvalue weighted by Crippen LogP contribution is 2.21. The molecule has 9 heteroatoms. The van der Waals surface area contributed by atoms with Crippen molar-refractivity contribution >= 4 is 24.3 Å². The molecule has 0 radical (unpaired) electrons. The molecule has 0 aromatic heterocycles. The van der Waals surface area contributed by atoms with Gasteiger partial charge in [-0.3, -0.25) is 14.4 Å². The number of alkyl carbamates (subject to hydrolysis) is 1. The number of carbonyl (C=O) groups excluding carboxylic acids is 4. The highest BCUT2D eigenvalue weighted by Gasteiger charge is 2.26. The second-order valence-corrected chi connectivity index (χ2v) is 9.40. The molecular weight excluding hydrogens is 496 g/mol. The highest BCUT2D eigenvalue weighted by molar-refractivity contribution is 5.83. The van der Waals surface area contributed by atoms with Crippen LogP contribution < -0.4 is 16.4 Å². The molecule has 2 rings (SSSR count). The average Bonchev–Trinajstić information content (AvgIpc) is 3.62. The maximum atomic E-state index is 11.9. The van der Waals surface area contributed by atoms with E-state index < -0.39 is 18.0 Å². The molecule has 1 saturated heterocycles. The maximum absolute atomic E-state index is 11.9. The molecule has 0 aromatic carbocycles. The summed E-state index contributed by atoms with van der Waals surface area (Å²) >= 11 is 0. The van der Waals surface area contributed by atoms with Crippen molar-refractivity contribution in [3.8, 4) is 25.7 Å². The largest absolute Gasteiger partial charge is 0.446 e. The third-order valence-corrected chi connectivity index (χ3v) is 6.64. The smallest absolute Gasteiger partial charge is 0.407 e. The van der Waals surface area contributed by atoms with Gasteiger partial charge in [-0.05, 0) is 64.7 Å². The van der Waals surface area contributed by atoms with E-state index in [4.69, 9.17) is 10.5 Å². The first-order valence-corrected chi connectivity index (χ1v) is 13.9. The zero-order valence-electron chi connectivity index (χ0n) is 24.1. The van der Waals surface area contributed by atoms with E-state index in [1.165, 1.54) is 12.8 Å². The van der Waals surface area contributed by atoms with Crippen molar-refractivity contribution in [3.63, 3.8) is 0 Å². The number of nitrogens with one attached hydrogen (secondary N) is 2. The van der Waals surface area contributed by atoms with Gasteiger partial charge in [-0.15, -0.1) is 25.7 Å². The Bertz CT molecular complexity index is 753. The minimum Gasteiger partial charge on any atom is -0.446 e. The summed E-state index contributed by atoms with van der Waals surface area (Å²) in [5.74, 6) is -0.509. The number of amides is 4. The molecule has 2 aliphatic rings. The van der Waals surface area contributed by atoms with E-state index in [-0.39, 0.29) is 24.5 Å². The summed E-state index contributed by atoms with van der Waals surface area (Å²) in [6.45, 7) is 7.04. The Morgan fingerprint density at radius 2 is 1.69 bits per heavy atom. The summed E-state index contributed by atoms with van der Waals surface area (Å²) in [4.78, 5) is 46.8. The zero-order chi connectivity index (χ0) is 30.1. The molecular formula is C30H50N4O5. The van der Waals surface area contributed by atoms with E-state index in [2.05, 4.69) is 49.3 Å². The number of likely N-dealkylation sites (tertiary alicyclic amines) is 1. The summed E-state index contributed by atoms with van der Waals surface area (Å²) in [5, 5.41) is 5.03. The Morgan fingerprint density at radius 1 is 1.05 bits per heavy atom. The van der Waals surface area contributed by atoms with Crippen molar-refractivity contribution in [2.24, 2.45) is 11.7 Å². The highest BCUT2D eigenvalue weighted by atomic mass is 16.6. The lowest BCUT2D eigenvalue weighted by Gasteiger charge is -2.21. The van der Waals surface area contributed by atoms with Crippen LogP contribution in [0.25, 0.3) is 0 Å². The second-order valence-electron chi connectivity index (χ2n) is 9.40. The molecule has 220 valence electrons. The number of nitrogens with two attached hydrogens (primary N) is 1. The van der Waals surface area contributed by atoms with Crippen molar-refractivity contribution in [1.82, 2.24) is 15.5 Å². The number of hydrogen-bond donors (Lipinski definition) is 3. The van der Waals surface area contributed by atoms with Crippen LogP contribution in [0.1, 0.15) is 91.4 Å². The summed E-state index contributed by atoms with van der Waals surface area (Å²) in [7, 11) is 0. The van der Waals surface area contributed by atoms with E-state index in [0.717, 1.165) is 64.3 Å². The van der Waals surface area contributed by atoms with Crippen LogP contribution in [0.5, 0.6) is 0 Å². The first-order valence-electron chi connectivity index (χ1n) is 13.9. The lowest BCUT2D eigenvalue weighted by atomic mass is 9.95. The predicted molar refractivity (Wildman–Crippen MR) is 156 cm³/mol. The van der Waals surface area contributed by atoms with Crippen molar-refractivity contribution in [3.05, 3.63) is 12.2 Å². The zero-order valence-corrected chi connectivity index (χ0v) is 24.1. The molecule has 39 heavy (non-hydrogen) atoms. The Hall–Kier alpha value is -3.46. The summed E-state index contributed by atoms with van der Waals surface area (Å²) < 4.78 is 5.23. The van der Waals surface area contributed by atoms with Gasteiger partial charge >= 0.3 is 6.09 Å². The fraction of sp³-hybridized carbons (Fsp3) is 0.667. The van der Waals surface area contributed by atoms with Gasteiger partial charge < -0.3 is 26.0 Å². The third kappa shape index (κ3) is 16.9. The predicted octanol–water partition coefficient (Wildman–Crippen LogP) is 3.91. The number of primary amides is 1. The van der Waals surface area contributed by atoms with E-state index in [1.807, 2.05) is 24.8 Å². The topological polar surface area (TPSA) is 131 Å². The molecule has 0 aromatic rings. The summed E-state index contributed by atoms with van der Waals surface area (Å²) in [6.07, 6.45) is 31.8. The first kappa shape index (κ1) is 37.7. The second kappa shape index (κ2) is 24.9. The van der Waals surface area contributed by atoms with Gasteiger partial charge in [0.1, 0.15) is 18.7 Å². The van der Waals surface area contributed by atoms with Crippen molar-refractivity contribution in [2.45, 2.75) is 110 Å². The fourth-order valence-corrected chi connectivity index (χ4v) is 4.51. The van der Waals surface area contributed by atoms with Gasteiger partial charge in [0.2, 0.25) is 18.2 Å². The van der Waals surface area contributed by atoms with Crippen LogP contribution in [0.4, 0.5) is 4.79 Å². The lowest BCUT2D eigenvalue weighted by molar-refractivity contribution is -0.130. The monoisotopic (exact) mass is 546 g/mol. The first-order chi connectivity index (χ1) is 18.8. The molecule has 0 spiro atoms. The van der Waals surface area contributed by atoms with Crippen LogP contribution in [0.15, 0.2) is 12.2 Å². The fourth-order valence-electron chi connectivity index (χ4n) is 4.51. The number of unbranched alkanes of at least 4 members (excludes halogenated alkanes) is 3. The van der Waals surface area contributed by atoms with Crippen LogP contribution in [0.3, 0.4) is 0 Å². The number of nitrogens with zero attached hydrogens (tertiary/aromatic N) is 1. The van der Waals surface area contributed by atoms with E-state index >= 15 is 0 Å². The molecule has 3 atom stereocenters. The van der Waals surface area contributed by atoms with Gasteiger partial charge in [0.05, 0.1) is 0 Å². The molecule has 1 aliphatic carbocycles. The van der Waals surface area contributed by atoms with Gasteiger partial charge in [0, 0.05) is 18.5 Å². The minimum absolute atomic E-state index is 0.0108. The van der Waals surface area contributed by atoms with E-state index in [0.29, 0.717) is 12.5 Å². The molecule has 9 nitrogen and oxygen atoms in total. The molecule has 1 aliphatic heterocycles. The van der Waals surface area contributed by atoms with Gasteiger partial charge in [-0.2, -0.15) is 0 Å². The molecule has 4 amide bonds. The van der Waals surface area contributed by atoms with Crippen molar-refractivity contribution < 1.29 is 23.9 Å². The Kier molecular flexibility index (Phi) is 24.0. The van der Waals surface area contributed by atoms with Gasteiger partial charge in [0.25, 0.3) is 0 Å². The standard InChI is InChI=1S/C13H22N2O3.C13H24N2O2.2C2H2/c1-10-5-4-8-15(10)12(16)9-14-13(17)18-11-6-2-3-7-11;1-3-5-6-7-8-9-11(4-2)12(13(14)17)15-10-16;2*1-2/h10-11H,2-9H2,1H3,(H,14,17);8-12H,3-7H2,1-2H3,(H2,14,17)(H,15,16);2*1-2H/b;9-8-;;/t10-;11-,12+;;/m10../s1. The molecule has 1 saturated carbocycles. The molecule has 2 fully saturated rings. The molecule has 0 bridgehead atoms. The number of hydrogen-bond acceptors (Lipinski definition) is 5. The van der Waals surface area contributed by atoms with Gasteiger partial charge in [-0.1, -0.05) is 38.8 Å². The normalized spacial score (nSPS) is 17.6. The van der Waals surface area contributed by atoms with Crippen LogP contribution >= 0.6 is 0 Å². The SMILES string of the molecule is C#C.C#C.CCCCC/C=C\[C@H](CC)[C@@H](NC=O)C(N)=O.C[C@@H]1CCCN1C(=O)CNC(=O)OC1CCCC1. The Labute approximate surface area is 236 Å². The molecule has 1 heterocycles. The summed E-state index contributed by atoms with van der Waals surface area (Å²) in [5.41, 5.74) is 5.26.